The van der Waals surface area contributed by atoms with Crippen molar-refractivity contribution in [2.24, 2.45) is 0 Å². The Labute approximate surface area is 171 Å². The third-order valence-corrected chi connectivity index (χ3v) is 5.53. The van der Waals surface area contributed by atoms with Gasteiger partial charge in [-0.2, -0.15) is 0 Å². The zero-order valence-electron chi connectivity index (χ0n) is 16.6. The molecule has 0 bridgehead atoms. The summed E-state index contributed by atoms with van der Waals surface area (Å²) in [5.41, 5.74) is 5.34. The van der Waals surface area contributed by atoms with Crippen molar-refractivity contribution < 1.29 is 9.90 Å². The SMILES string of the molecule is CC(=O)Nc1cc2c(cc1O)CCN(Cc1ccccc1)CC2c1ccccc1. The molecule has 148 valence electrons. The largest absolute Gasteiger partial charge is 0.506 e. The van der Waals surface area contributed by atoms with Gasteiger partial charge in [0, 0.05) is 32.5 Å². The lowest BCUT2D eigenvalue weighted by Gasteiger charge is -2.26. The van der Waals surface area contributed by atoms with Crippen LogP contribution >= 0.6 is 0 Å². The highest BCUT2D eigenvalue weighted by Crippen LogP contribution is 2.37. The third kappa shape index (κ3) is 4.49. The summed E-state index contributed by atoms with van der Waals surface area (Å²) >= 11 is 0. The van der Waals surface area contributed by atoms with Gasteiger partial charge >= 0.3 is 0 Å². The number of aromatic hydroxyl groups is 1. The summed E-state index contributed by atoms with van der Waals surface area (Å²) < 4.78 is 0. The molecule has 3 aromatic rings. The fourth-order valence-electron chi connectivity index (χ4n) is 4.16. The predicted octanol–water partition coefficient (Wildman–Crippen LogP) is 4.54. The molecule has 0 spiro atoms. The maximum atomic E-state index is 11.6. The number of nitrogens with one attached hydrogen (secondary N) is 1. The Morgan fingerprint density at radius 1 is 1.07 bits per heavy atom. The number of amides is 1. The van der Waals surface area contributed by atoms with Crippen molar-refractivity contribution in [1.82, 2.24) is 4.90 Å². The van der Waals surface area contributed by atoms with E-state index in [-0.39, 0.29) is 17.6 Å². The van der Waals surface area contributed by atoms with Crippen LogP contribution in [0.1, 0.15) is 35.1 Å². The number of carbonyl (C=O) groups excluding carboxylic acids is 1. The molecule has 1 unspecified atom stereocenters. The smallest absolute Gasteiger partial charge is 0.221 e. The number of carbonyl (C=O) groups is 1. The van der Waals surface area contributed by atoms with Crippen LogP contribution in [0.3, 0.4) is 0 Å². The predicted molar refractivity (Wildman–Crippen MR) is 116 cm³/mol. The second-order valence-electron chi connectivity index (χ2n) is 7.68. The van der Waals surface area contributed by atoms with E-state index in [2.05, 4.69) is 58.7 Å². The average molecular weight is 386 g/mol. The summed E-state index contributed by atoms with van der Waals surface area (Å²) in [5, 5.41) is 13.2. The first kappa shape index (κ1) is 19.2. The lowest BCUT2D eigenvalue weighted by atomic mass is 9.87. The van der Waals surface area contributed by atoms with Crippen molar-refractivity contribution in [2.45, 2.75) is 25.8 Å². The molecule has 1 heterocycles. The summed E-state index contributed by atoms with van der Waals surface area (Å²) in [6, 6.07) is 24.8. The van der Waals surface area contributed by atoms with Crippen LogP contribution in [0.2, 0.25) is 0 Å². The number of rotatable bonds is 4. The minimum Gasteiger partial charge on any atom is -0.506 e. The van der Waals surface area contributed by atoms with Crippen molar-refractivity contribution in [3.63, 3.8) is 0 Å². The number of hydrogen-bond acceptors (Lipinski definition) is 3. The van der Waals surface area contributed by atoms with E-state index < -0.39 is 0 Å². The highest BCUT2D eigenvalue weighted by atomic mass is 16.3. The standard InChI is InChI=1S/C25H26N2O2/c1-18(28)26-24-15-22-21(14-25(24)29)12-13-27(16-19-8-4-2-5-9-19)17-23(22)20-10-6-3-7-11-20/h2-11,14-15,23,29H,12-13,16-17H2,1H3,(H,26,28). The zero-order valence-corrected chi connectivity index (χ0v) is 16.6. The first-order valence-electron chi connectivity index (χ1n) is 10.0. The molecule has 0 saturated heterocycles. The molecule has 2 N–H and O–H groups in total. The van der Waals surface area contributed by atoms with E-state index >= 15 is 0 Å². The molecule has 3 aromatic carbocycles. The number of phenolic OH excluding ortho intramolecular Hbond substituents is 1. The summed E-state index contributed by atoms with van der Waals surface area (Å²) in [6.45, 7) is 4.16. The van der Waals surface area contributed by atoms with Crippen molar-refractivity contribution >= 4 is 11.6 Å². The van der Waals surface area contributed by atoms with Gasteiger partial charge in [-0.3, -0.25) is 9.69 Å². The second-order valence-corrected chi connectivity index (χ2v) is 7.68. The third-order valence-electron chi connectivity index (χ3n) is 5.53. The van der Waals surface area contributed by atoms with Gasteiger partial charge in [0.25, 0.3) is 0 Å². The van der Waals surface area contributed by atoms with Crippen LogP contribution in [0.5, 0.6) is 5.75 Å². The van der Waals surface area contributed by atoms with E-state index in [0.29, 0.717) is 5.69 Å². The molecular weight excluding hydrogens is 360 g/mol. The van der Waals surface area contributed by atoms with E-state index in [9.17, 15) is 9.90 Å². The number of fused-ring (bicyclic) bond motifs is 1. The van der Waals surface area contributed by atoms with Crippen LogP contribution in [0, 0.1) is 0 Å². The van der Waals surface area contributed by atoms with Gasteiger partial charge in [-0.1, -0.05) is 60.7 Å². The number of anilines is 1. The van der Waals surface area contributed by atoms with Gasteiger partial charge < -0.3 is 10.4 Å². The lowest BCUT2D eigenvalue weighted by molar-refractivity contribution is -0.114. The number of nitrogens with zero attached hydrogens (tertiary/aromatic N) is 1. The molecule has 4 heteroatoms. The Morgan fingerprint density at radius 2 is 1.76 bits per heavy atom. The second kappa shape index (κ2) is 8.50. The molecule has 0 radical (unpaired) electrons. The molecule has 0 fully saturated rings. The van der Waals surface area contributed by atoms with Crippen molar-refractivity contribution in [2.75, 3.05) is 18.4 Å². The minimum absolute atomic E-state index is 0.127. The quantitative estimate of drug-likeness (QED) is 0.647. The maximum absolute atomic E-state index is 11.6. The maximum Gasteiger partial charge on any atom is 0.221 e. The van der Waals surface area contributed by atoms with E-state index in [4.69, 9.17) is 0 Å². The van der Waals surface area contributed by atoms with Gasteiger partial charge in [0.2, 0.25) is 5.91 Å². The topological polar surface area (TPSA) is 52.6 Å². The van der Waals surface area contributed by atoms with Gasteiger partial charge in [-0.25, -0.2) is 0 Å². The molecule has 29 heavy (non-hydrogen) atoms. The molecule has 1 aliphatic heterocycles. The van der Waals surface area contributed by atoms with Crippen LogP contribution < -0.4 is 5.32 Å². The van der Waals surface area contributed by atoms with Crippen LogP contribution in [0.25, 0.3) is 0 Å². The van der Waals surface area contributed by atoms with Crippen molar-refractivity contribution in [3.05, 3.63) is 95.1 Å². The highest BCUT2D eigenvalue weighted by Gasteiger charge is 2.26. The fourth-order valence-corrected chi connectivity index (χ4v) is 4.16. The lowest BCUT2D eigenvalue weighted by Crippen LogP contribution is -2.28. The van der Waals surface area contributed by atoms with Gasteiger partial charge in [0.15, 0.2) is 0 Å². The summed E-state index contributed by atoms with van der Waals surface area (Å²) in [6.07, 6.45) is 0.861. The molecule has 0 aromatic heterocycles. The van der Waals surface area contributed by atoms with E-state index in [1.165, 1.54) is 23.6 Å². The average Bonchev–Trinajstić information content (AvgIpc) is 2.89. The van der Waals surface area contributed by atoms with Crippen LogP contribution in [-0.2, 0) is 17.8 Å². The molecule has 1 atom stereocenters. The Balaban J connectivity index is 1.72. The first-order valence-corrected chi connectivity index (χ1v) is 10.0. The normalized spacial score (nSPS) is 16.7. The van der Waals surface area contributed by atoms with E-state index in [0.717, 1.165) is 31.6 Å². The molecule has 1 aliphatic rings. The number of phenols is 1. The van der Waals surface area contributed by atoms with Crippen LogP contribution in [0.15, 0.2) is 72.8 Å². The monoisotopic (exact) mass is 386 g/mol. The Kier molecular flexibility index (Phi) is 5.63. The van der Waals surface area contributed by atoms with Gasteiger partial charge in [-0.15, -0.1) is 0 Å². The Hall–Kier alpha value is -3.11. The molecule has 0 saturated carbocycles. The van der Waals surface area contributed by atoms with Crippen LogP contribution in [0.4, 0.5) is 5.69 Å². The Bertz CT molecular complexity index is 986. The summed E-state index contributed by atoms with van der Waals surface area (Å²) in [7, 11) is 0. The van der Waals surface area contributed by atoms with Gasteiger partial charge in [0.1, 0.15) is 5.75 Å². The molecule has 1 amide bonds. The molecule has 4 rings (SSSR count). The number of hydrogen-bond donors (Lipinski definition) is 2. The Morgan fingerprint density at radius 3 is 2.45 bits per heavy atom. The number of benzene rings is 3. The minimum atomic E-state index is -0.184. The zero-order chi connectivity index (χ0) is 20.2. The molecule has 4 nitrogen and oxygen atoms in total. The highest BCUT2D eigenvalue weighted by molar-refractivity contribution is 5.90. The van der Waals surface area contributed by atoms with E-state index in [1.54, 1.807) is 0 Å². The fraction of sp³-hybridized carbons (Fsp3) is 0.240. The first-order chi connectivity index (χ1) is 14.1. The summed E-state index contributed by atoms with van der Waals surface area (Å²) in [4.78, 5) is 14.1. The van der Waals surface area contributed by atoms with Crippen molar-refractivity contribution in [1.29, 1.82) is 0 Å². The van der Waals surface area contributed by atoms with Crippen LogP contribution in [-0.4, -0.2) is 29.0 Å². The van der Waals surface area contributed by atoms with E-state index in [1.807, 2.05) is 24.3 Å². The van der Waals surface area contributed by atoms with Gasteiger partial charge in [-0.05, 0) is 40.8 Å². The van der Waals surface area contributed by atoms with Crippen molar-refractivity contribution in [3.8, 4) is 5.75 Å². The summed E-state index contributed by atoms with van der Waals surface area (Å²) in [5.74, 6) is 0.114. The molecular formula is C25H26N2O2. The van der Waals surface area contributed by atoms with Gasteiger partial charge in [0.05, 0.1) is 5.69 Å². The molecule has 0 aliphatic carbocycles.